The summed E-state index contributed by atoms with van der Waals surface area (Å²) in [6.07, 6.45) is 5.22. The second kappa shape index (κ2) is 4.58. The van der Waals surface area contributed by atoms with Crippen LogP contribution in [0.5, 0.6) is 0 Å². The van der Waals surface area contributed by atoms with E-state index in [1.165, 1.54) is 0 Å². The van der Waals surface area contributed by atoms with Crippen LogP contribution < -0.4 is 0 Å². The first kappa shape index (κ1) is 11.2. The van der Waals surface area contributed by atoms with Crippen molar-refractivity contribution in [3.8, 4) is 0 Å². The molecule has 0 bridgehead atoms. The van der Waals surface area contributed by atoms with Gasteiger partial charge in [0.1, 0.15) is 11.2 Å². The summed E-state index contributed by atoms with van der Waals surface area (Å²) >= 11 is 0. The van der Waals surface area contributed by atoms with Crippen molar-refractivity contribution in [2.75, 3.05) is 0 Å². The summed E-state index contributed by atoms with van der Waals surface area (Å²) in [6, 6.07) is 0. The Morgan fingerprint density at radius 1 is 1.50 bits per heavy atom. The van der Waals surface area contributed by atoms with Gasteiger partial charge in [-0.2, -0.15) is 0 Å². The monoisotopic (exact) mass is 198 g/mol. The highest BCUT2D eigenvalue weighted by Crippen LogP contribution is 2.39. The molecule has 80 valence electrons. The van der Waals surface area contributed by atoms with Crippen LogP contribution in [0.1, 0.15) is 51.9 Å². The highest BCUT2D eigenvalue weighted by molar-refractivity contribution is 6.04. The average molecular weight is 198 g/mol. The lowest BCUT2D eigenvalue weighted by Gasteiger charge is -2.21. The molecule has 14 heavy (non-hydrogen) atoms. The van der Waals surface area contributed by atoms with Crippen molar-refractivity contribution in [1.82, 2.24) is 0 Å². The van der Waals surface area contributed by atoms with E-state index in [0.29, 0.717) is 19.3 Å². The van der Waals surface area contributed by atoms with E-state index in [-0.39, 0.29) is 5.78 Å². The number of Topliss-reactive ketones (excluding diaryl/α,β-unsaturated/α-hetero) is 1. The van der Waals surface area contributed by atoms with E-state index in [0.717, 1.165) is 25.7 Å². The molecule has 1 N–H and O–H groups in total. The Labute approximate surface area is 84.5 Å². The Morgan fingerprint density at radius 2 is 2.21 bits per heavy atom. The molecule has 1 aliphatic rings. The van der Waals surface area contributed by atoms with Crippen molar-refractivity contribution < 1.29 is 14.7 Å². The minimum Gasteiger partial charge on any atom is -0.480 e. The zero-order valence-electron chi connectivity index (χ0n) is 8.71. The molecule has 0 spiro atoms. The molecule has 0 radical (unpaired) electrons. The minimum atomic E-state index is -1.02. The number of unbranched alkanes of at least 4 members (excludes halogenated alkanes) is 2. The second-order valence-corrected chi connectivity index (χ2v) is 4.12. The Balaban J connectivity index is 2.63. The first-order valence-corrected chi connectivity index (χ1v) is 5.40. The van der Waals surface area contributed by atoms with Crippen LogP contribution in [0.3, 0.4) is 0 Å². The molecule has 0 heterocycles. The van der Waals surface area contributed by atoms with Gasteiger partial charge in [0.05, 0.1) is 0 Å². The van der Waals surface area contributed by atoms with Gasteiger partial charge in [-0.1, -0.05) is 26.2 Å². The van der Waals surface area contributed by atoms with Crippen molar-refractivity contribution in [1.29, 1.82) is 0 Å². The number of rotatable bonds is 5. The van der Waals surface area contributed by atoms with Gasteiger partial charge in [0.25, 0.3) is 0 Å². The van der Waals surface area contributed by atoms with E-state index in [1.807, 2.05) is 0 Å². The molecule has 1 aliphatic carbocycles. The average Bonchev–Trinajstić information content (AvgIpc) is 2.49. The standard InChI is InChI=1S/C11H18O3/c1-2-3-4-7-11(10(13)14)8-5-6-9(11)12/h2-8H2,1H3,(H,13,14). The molecule has 0 aromatic heterocycles. The third-order valence-corrected chi connectivity index (χ3v) is 3.16. The number of hydrogen-bond acceptors (Lipinski definition) is 2. The van der Waals surface area contributed by atoms with Crippen LogP contribution in [0.4, 0.5) is 0 Å². The molecule has 0 aromatic carbocycles. The van der Waals surface area contributed by atoms with Crippen LogP contribution in [0, 0.1) is 5.41 Å². The zero-order chi connectivity index (χ0) is 10.6. The fourth-order valence-corrected chi connectivity index (χ4v) is 2.20. The summed E-state index contributed by atoms with van der Waals surface area (Å²) in [4.78, 5) is 22.7. The maximum Gasteiger partial charge on any atom is 0.317 e. The summed E-state index contributed by atoms with van der Waals surface area (Å²) in [5, 5.41) is 9.11. The van der Waals surface area contributed by atoms with E-state index in [4.69, 9.17) is 5.11 Å². The molecule has 1 fully saturated rings. The van der Waals surface area contributed by atoms with Crippen molar-refractivity contribution in [3.63, 3.8) is 0 Å². The van der Waals surface area contributed by atoms with Gasteiger partial charge in [-0.25, -0.2) is 0 Å². The van der Waals surface area contributed by atoms with E-state index in [2.05, 4.69) is 6.92 Å². The minimum absolute atomic E-state index is 0.0545. The predicted octanol–water partition coefficient (Wildman–Crippen LogP) is 2.39. The molecule has 1 unspecified atom stereocenters. The molecule has 0 saturated heterocycles. The molecular formula is C11H18O3. The third-order valence-electron chi connectivity index (χ3n) is 3.16. The third kappa shape index (κ3) is 1.97. The Morgan fingerprint density at radius 3 is 2.64 bits per heavy atom. The Bertz CT molecular complexity index is 235. The number of carboxylic acids is 1. The topological polar surface area (TPSA) is 54.4 Å². The van der Waals surface area contributed by atoms with Crippen LogP contribution >= 0.6 is 0 Å². The van der Waals surface area contributed by atoms with Gasteiger partial charge in [-0.05, 0) is 19.3 Å². The fourth-order valence-electron chi connectivity index (χ4n) is 2.20. The zero-order valence-corrected chi connectivity index (χ0v) is 8.71. The molecule has 0 aliphatic heterocycles. The summed E-state index contributed by atoms with van der Waals surface area (Å²) in [5.74, 6) is -0.961. The van der Waals surface area contributed by atoms with Crippen molar-refractivity contribution >= 4 is 11.8 Å². The number of aliphatic carboxylic acids is 1. The van der Waals surface area contributed by atoms with Crippen molar-refractivity contribution in [3.05, 3.63) is 0 Å². The molecule has 3 nitrogen and oxygen atoms in total. The van der Waals surface area contributed by atoms with E-state index in [1.54, 1.807) is 0 Å². The smallest absolute Gasteiger partial charge is 0.317 e. The normalized spacial score (nSPS) is 26.8. The highest BCUT2D eigenvalue weighted by atomic mass is 16.4. The predicted molar refractivity (Wildman–Crippen MR) is 53.1 cm³/mol. The molecule has 0 aromatic rings. The van der Waals surface area contributed by atoms with E-state index in [9.17, 15) is 9.59 Å². The van der Waals surface area contributed by atoms with Crippen molar-refractivity contribution in [2.24, 2.45) is 5.41 Å². The van der Waals surface area contributed by atoms with Crippen LogP contribution in [0.15, 0.2) is 0 Å². The van der Waals surface area contributed by atoms with Gasteiger partial charge in [0.15, 0.2) is 0 Å². The highest BCUT2D eigenvalue weighted by Gasteiger charge is 2.47. The lowest BCUT2D eigenvalue weighted by Crippen LogP contribution is -2.35. The Kier molecular flexibility index (Phi) is 3.67. The number of carbonyl (C=O) groups is 2. The molecule has 3 heteroatoms. The number of ketones is 1. The van der Waals surface area contributed by atoms with Crippen LogP contribution in [-0.4, -0.2) is 16.9 Å². The quantitative estimate of drug-likeness (QED) is 0.545. The fraction of sp³-hybridized carbons (Fsp3) is 0.818. The van der Waals surface area contributed by atoms with Gasteiger partial charge in [0.2, 0.25) is 0 Å². The van der Waals surface area contributed by atoms with E-state index < -0.39 is 11.4 Å². The molecule has 1 atom stereocenters. The lowest BCUT2D eigenvalue weighted by atomic mass is 9.80. The van der Waals surface area contributed by atoms with Crippen LogP contribution in [-0.2, 0) is 9.59 Å². The maximum absolute atomic E-state index is 11.6. The van der Waals surface area contributed by atoms with Gasteiger partial charge in [0, 0.05) is 6.42 Å². The summed E-state index contributed by atoms with van der Waals surface area (Å²) in [7, 11) is 0. The molecule has 0 amide bonds. The first-order valence-electron chi connectivity index (χ1n) is 5.40. The van der Waals surface area contributed by atoms with Gasteiger partial charge in [-0.15, -0.1) is 0 Å². The molecule has 1 saturated carbocycles. The SMILES string of the molecule is CCCCCC1(C(=O)O)CCCC1=O. The summed E-state index contributed by atoms with van der Waals surface area (Å²) in [5.41, 5.74) is -1.02. The van der Waals surface area contributed by atoms with Crippen LogP contribution in [0.25, 0.3) is 0 Å². The number of carboxylic acid groups (broad SMARTS) is 1. The largest absolute Gasteiger partial charge is 0.480 e. The summed E-state index contributed by atoms with van der Waals surface area (Å²) < 4.78 is 0. The maximum atomic E-state index is 11.6. The van der Waals surface area contributed by atoms with Crippen LogP contribution in [0.2, 0.25) is 0 Å². The summed E-state index contributed by atoms with van der Waals surface area (Å²) in [6.45, 7) is 2.07. The number of hydrogen-bond donors (Lipinski definition) is 1. The van der Waals surface area contributed by atoms with Crippen molar-refractivity contribution in [2.45, 2.75) is 51.9 Å². The first-order chi connectivity index (χ1) is 6.63. The number of carbonyl (C=O) groups excluding carboxylic acids is 1. The second-order valence-electron chi connectivity index (χ2n) is 4.12. The lowest BCUT2D eigenvalue weighted by molar-refractivity contribution is -0.153. The molecule has 1 rings (SSSR count). The van der Waals surface area contributed by atoms with Gasteiger partial charge >= 0.3 is 5.97 Å². The Hall–Kier alpha value is -0.860. The van der Waals surface area contributed by atoms with E-state index >= 15 is 0 Å². The van der Waals surface area contributed by atoms with Gasteiger partial charge in [-0.3, -0.25) is 9.59 Å². The molecular weight excluding hydrogens is 180 g/mol. The van der Waals surface area contributed by atoms with Gasteiger partial charge < -0.3 is 5.11 Å².